The first kappa shape index (κ1) is 19.0. The molecule has 2 atom stereocenters. The fourth-order valence-corrected chi connectivity index (χ4v) is 4.06. The van der Waals surface area contributed by atoms with Crippen molar-refractivity contribution in [1.82, 2.24) is 14.8 Å². The Bertz CT molecular complexity index is 819. The van der Waals surface area contributed by atoms with Gasteiger partial charge in [-0.15, -0.1) is 0 Å². The average molecular weight is 380 g/mol. The molecule has 0 unspecified atom stereocenters. The lowest BCUT2D eigenvalue weighted by Gasteiger charge is -2.34. The van der Waals surface area contributed by atoms with E-state index in [1.807, 2.05) is 0 Å². The van der Waals surface area contributed by atoms with Crippen LogP contribution in [0.3, 0.4) is 0 Å². The number of fused-ring (bicyclic) bond motifs is 1. The molecule has 0 radical (unpaired) electrons. The second-order valence-electron chi connectivity index (χ2n) is 7.48. The zero-order chi connectivity index (χ0) is 18.7. The number of hydrogen-bond acceptors (Lipinski definition) is 4. The van der Waals surface area contributed by atoms with Crippen molar-refractivity contribution in [3.63, 3.8) is 0 Å². The number of halogens is 1. The average Bonchev–Trinajstić information content (AvgIpc) is 2.85. The van der Waals surface area contributed by atoms with Crippen LogP contribution in [0.25, 0.3) is 11.1 Å². The molecule has 1 saturated heterocycles. The van der Waals surface area contributed by atoms with Crippen LogP contribution < -0.4 is 11.1 Å². The molecule has 142 valence electrons. The standard InChI is InChI=1S/C19H26ClN3O3/c1-13-8-14(2)11-22(10-13)7-3-6-21-18(24)12-23-16-5-4-15(20)9-17(16)26-19(23)25/h4-5,9,13-14H,3,6-8,10-12H2,1-2H3,(H,21,24)/t13-,14-/m1/s1. The third kappa shape index (κ3) is 4.68. The quantitative estimate of drug-likeness (QED) is 0.783. The highest BCUT2D eigenvalue weighted by molar-refractivity contribution is 6.31. The molecule has 1 aromatic heterocycles. The highest BCUT2D eigenvalue weighted by Gasteiger charge is 2.21. The highest BCUT2D eigenvalue weighted by Crippen LogP contribution is 2.21. The summed E-state index contributed by atoms with van der Waals surface area (Å²) in [6.45, 7) is 8.41. The molecule has 0 aliphatic carbocycles. The third-order valence-corrected chi connectivity index (χ3v) is 5.08. The first-order chi connectivity index (χ1) is 12.4. The Morgan fingerprint density at radius 1 is 1.31 bits per heavy atom. The van der Waals surface area contributed by atoms with Crippen molar-refractivity contribution in [2.45, 2.75) is 33.2 Å². The number of carbonyl (C=O) groups excluding carboxylic acids is 1. The van der Waals surface area contributed by atoms with E-state index < -0.39 is 5.76 Å². The van der Waals surface area contributed by atoms with Gasteiger partial charge in [-0.25, -0.2) is 4.79 Å². The fourth-order valence-electron chi connectivity index (χ4n) is 3.89. The number of piperidine rings is 1. The Morgan fingerprint density at radius 2 is 2.04 bits per heavy atom. The minimum atomic E-state index is -0.547. The molecule has 0 saturated carbocycles. The molecule has 26 heavy (non-hydrogen) atoms. The van der Waals surface area contributed by atoms with E-state index in [1.54, 1.807) is 18.2 Å². The fraction of sp³-hybridized carbons (Fsp3) is 0.579. The summed E-state index contributed by atoms with van der Waals surface area (Å²) >= 11 is 5.90. The lowest BCUT2D eigenvalue weighted by atomic mass is 9.92. The largest absolute Gasteiger partial charge is 0.420 e. The summed E-state index contributed by atoms with van der Waals surface area (Å²) in [4.78, 5) is 26.6. The molecule has 0 bridgehead atoms. The first-order valence-corrected chi connectivity index (χ1v) is 9.58. The topological polar surface area (TPSA) is 67.5 Å². The van der Waals surface area contributed by atoms with Crippen molar-refractivity contribution in [2.24, 2.45) is 11.8 Å². The minimum absolute atomic E-state index is 0.0503. The van der Waals surface area contributed by atoms with Crippen LogP contribution in [0.5, 0.6) is 0 Å². The van der Waals surface area contributed by atoms with Crippen molar-refractivity contribution in [3.8, 4) is 0 Å². The van der Waals surface area contributed by atoms with Gasteiger partial charge in [0, 0.05) is 30.7 Å². The molecule has 1 aliphatic rings. The van der Waals surface area contributed by atoms with Crippen molar-refractivity contribution in [3.05, 3.63) is 33.8 Å². The number of oxazole rings is 1. The Morgan fingerprint density at radius 3 is 2.77 bits per heavy atom. The van der Waals surface area contributed by atoms with Gasteiger partial charge in [0.15, 0.2) is 5.58 Å². The Labute approximate surface area is 158 Å². The zero-order valence-electron chi connectivity index (χ0n) is 15.3. The third-order valence-electron chi connectivity index (χ3n) is 4.85. The van der Waals surface area contributed by atoms with Crippen LogP contribution in [-0.4, -0.2) is 41.6 Å². The van der Waals surface area contributed by atoms with E-state index in [-0.39, 0.29) is 12.5 Å². The maximum atomic E-state index is 12.2. The van der Waals surface area contributed by atoms with Gasteiger partial charge in [0.1, 0.15) is 6.54 Å². The van der Waals surface area contributed by atoms with Gasteiger partial charge in [-0.1, -0.05) is 25.4 Å². The number of carbonyl (C=O) groups is 1. The second kappa shape index (κ2) is 8.27. The predicted octanol–water partition coefficient (Wildman–Crippen LogP) is 2.73. The maximum Gasteiger partial charge on any atom is 0.420 e. The Balaban J connectivity index is 1.48. The maximum absolute atomic E-state index is 12.2. The molecule has 1 amide bonds. The van der Waals surface area contributed by atoms with Crippen molar-refractivity contribution in [2.75, 3.05) is 26.2 Å². The summed E-state index contributed by atoms with van der Waals surface area (Å²) in [6, 6.07) is 4.94. The van der Waals surface area contributed by atoms with Crippen molar-refractivity contribution >= 4 is 28.6 Å². The van der Waals surface area contributed by atoms with E-state index in [4.69, 9.17) is 16.0 Å². The highest BCUT2D eigenvalue weighted by atomic mass is 35.5. The molecule has 2 heterocycles. The first-order valence-electron chi connectivity index (χ1n) is 9.20. The summed E-state index contributed by atoms with van der Waals surface area (Å²) in [6.07, 6.45) is 2.20. The summed E-state index contributed by atoms with van der Waals surface area (Å²) in [5.74, 6) is 0.741. The molecular formula is C19H26ClN3O3. The molecule has 6 nitrogen and oxygen atoms in total. The van der Waals surface area contributed by atoms with Crippen LogP contribution in [-0.2, 0) is 11.3 Å². The van der Waals surface area contributed by atoms with E-state index in [0.29, 0.717) is 22.7 Å². The minimum Gasteiger partial charge on any atom is -0.408 e. The molecule has 7 heteroatoms. The molecule has 1 N–H and O–H groups in total. The van der Waals surface area contributed by atoms with Gasteiger partial charge >= 0.3 is 5.76 Å². The normalized spacial score (nSPS) is 21.2. The monoisotopic (exact) mass is 379 g/mol. The van der Waals surface area contributed by atoms with Gasteiger partial charge in [0.05, 0.1) is 5.52 Å². The van der Waals surface area contributed by atoms with Gasteiger partial charge in [0.2, 0.25) is 5.91 Å². The smallest absolute Gasteiger partial charge is 0.408 e. The van der Waals surface area contributed by atoms with Crippen LogP contribution in [0.15, 0.2) is 27.4 Å². The number of benzene rings is 1. The van der Waals surface area contributed by atoms with Crippen LogP contribution in [0.2, 0.25) is 5.02 Å². The Kier molecular flexibility index (Phi) is 6.04. The summed E-state index contributed by atoms with van der Waals surface area (Å²) < 4.78 is 6.47. The van der Waals surface area contributed by atoms with Gasteiger partial charge in [0.25, 0.3) is 0 Å². The number of likely N-dealkylation sites (tertiary alicyclic amines) is 1. The van der Waals surface area contributed by atoms with Gasteiger partial charge in [-0.2, -0.15) is 0 Å². The van der Waals surface area contributed by atoms with E-state index in [1.165, 1.54) is 11.0 Å². The molecular weight excluding hydrogens is 354 g/mol. The van der Waals surface area contributed by atoms with E-state index >= 15 is 0 Å². The molecule has 3 rings (SSSR count). The van der Waals surface area contributed by atoms with E-state index in [9.17, 15) is 9.59 Å². The van der Waals surface area contributed by atoms with Crippen LogP contribution in [0.4, 0.5) is 0 Å². The van der Waals surface area contributed by atoms with Crippen molar-refractivity contribution < 1.29 is 9.21 Å². The van der Waals surface area contributed by atoms with Gasteiger partial charge < -0.3 is 14.6 Å². The van der Waals surface area contributed by atoms with E-state index in [2.05, 4.69) is 24.1 Å². The van der Waals surface area contributed by atoms with Crippen LogP contribution >= 0.6 is 11.6 Å². The Hall–Kier alpha value is -1.79. The molecule has 1 aromatic carbocycles. The predicted molar refractivity (Wildman–Crippen MR) is 102 cm³/mol. The summed E-state index contributed by atoms with van der Waals surface area (Å²) in [7, 11) is 0. The van der Waals surface area contributed by atoms with Crippen LogP contribution in [0.1, 0.15) is 26.7 Å². The van der Waals surface area contributed by atoms with Crippen molar-refractivity contribution in [1.29, 1.82) is 0 Å². The molecule has 1 aliphatic heterocycles. The lowest BCUT2D eigenvalue weighted by molar-refractivity contribution is -0.121. The van der Waals surface area contributed by atoms with Crippen LogP contribution in [0, 0.1) is 11.8 Å². The molecule has 0 spiro atoms. The molecule has 1 fully saturated rings. The number of hydrogen-bond donors (Lipinski definition) is 1. The number of nitrogens with zero attached hydrogens (tertiary/aromatic N) is 2. The SMILES string of the molecule is C[C@@H]1C[C@@H](C)CN(CCCNC(=O)Cn2c(=O)oc3cc(Cl)ccc32)C1. The number of aromatic nitrogens is 1. The molecule has 2 aromatic rings. The second-order valence-corrected chi connectivity index (χ2v) is 7.91. The summed E-state index contributed by atoms with van der Waals surface area (Å²) in [5, 5.41) is 3.38. The number of nitrogens with one attached hydrogen (secondary N) is 1. The zero-order valence-corrected chi connectivity index (χ0v) is 16.1. The number of rotatable bonds is 6. The summed E-state index contributed by atoms with van der Waals surface area (Å²) in [5.41, 5.74) is 0.967. The van der Waals surface area contributed by atoms with E-state index in [0.717, 1.165) is 37.9 Å². The van der Waals surface area contributed by atoms with Gasteiger partial charge in [-0.3, -0.25) is 9.36 Å². The lowest BCUT2D eigenvalue weighted by Crippen LogP contribution is -2.40. The number of amides is 1. The van der Waals surface area contributed by atoms with Gasteiger partial charge in [-0.05, 0) is 43.4 Å².